The summed E-state index contributed by atoms with van der Waals surface area (Å²) >= 11 is 0. The van der Waals surface area contributed by atoms with Crippen LogP contribution in [-0.4, -0.2) is 8.42 Å². The monoisotopic (exact) mass is 175 g/mol. The lowest BCUT2D eigenvalue weighted by molar-refractivity contribution is 0.607. The maximum atomic E-state index is 12.5. The minimum absolute atomic E-state index is 0.0504. The highest BCUT2D eigenvalue weighted by molar-refractivity contribution is 7.72. The van der Waals surface area contributed by atoms with Crippen molar-refractivity contribution in [1.29, 1.82) is 0 Å². The fourth-order valence-electron chi connectivity index (χ4n) is 0.630. The molecule has 11 heavy (non-hydrogen) atoms. The van der Waals surface area contributed by atoms with Crippen LogP contribution in [-0.2, 0) is 10.7 Å². The zero-order chi connectivity index (χ0) is 8.43. The molecule has 0 radical (unpaired) electrons. The number of halogens is 1. The minimum Gasteiger partial charge on any atom is -0.396 e. The van der Waals surface area contributed by atoms with E-state index in [0.29, 0.717) is 0 Å². The van der Waals surface area contributed by atoms with E-state index >= 15 is 0 Å². The first-order chi connectivity index (χ1) is 5.11. The van der Waals surface area contributed by atoms with Gasteiger partial charge in [-0.05, 0) is 18.2 Å². The number of hydrogen-bond acceptors (Lipinski definition) is 3. The van der Waals surface area contributed by atoms with Gasteiger partial charge in [0.1, 0.15) is 5.82 Å². The van der Waals surface area contributed by atoms with Gasteiger partial charge in [-0.15, -0.1) is 0 Å². The number of benzene rings is 1. The molecule has 0 unspecified atom stereocenters. The van der Waals surface area contributed by atoms with Crippen LogP contribution in [0.2, 0.25) is 0 Å². The standard InChI is InChI=1S/C6H6FNO2S/c7-5-3-4(11(9)10)1-2-6(5)8/h1-3,11H,8H2. The van der Waals surface area contributed by atoms with E-state index in [1.54, 1.807) is 0 Å². The molecule has 0 amide bonds. The topological polar surface area (TPSA) is 60.2 Å². The van der Waals surface area contributed by atoms with E-state index in [1.165, 1.54) is 12.1 Å². The van der Waals surface area contributed by atoms with Gasteiger partial charge in [-0.1, -0.05) is 0 Å². The molecule has 0 fully saturated rings. The molecular formula is C6H6FNO2S. The van der Waals surface area contributed by atoms with Gasteiger partial charge in [0, 0.05) is 0 Å². The molecule has 0 atom stereocenters. The summed E-state index contributed by atoms with van der Waals surface area (Å²) in [5.74, 6) is -0.707. The first kappa shape index (κ1) is 8.00. The van der Waals surface area contributed by atoms with Crippen molar-refractivity contribution in [3.05, 3.63) is 24.0 Å². The summed E-state index contributed by atoms with van der Waals surface area (Å²) in [7, 11) is -2.72. The van der Waals surface area contributed by atoms with Gasteiger partial charge in [-0.2, -0.15) is 0 Å². The summed E-state index contributed by atoms with van der Waals surface area (Å²) in [6, 6.07) is 3.36. The van der Waals surface area contributed by atoms with Crippen molar-refractivity contribution < 1.29 is 12.8 Å². The van der Waals surface area contributed by atoms with E-state index in [1.807, 2.05) is 0 Å². The fraction of sp³-hybridized carbons (Fsp3) is 0. The Labute approximate surface area is 64.6 Å². The van der Waals surface area contributed by atoms with Crippen LogP contribution in [0.4, 0.5) is 10.1 Å². The summed E-state index contributed by atoms with van der Waals surface area (Å²) in [6.45, 7) is 0. The van der Waals surface area contributed by atoms with Gasteiger partial charge in [-0.3, -0.25) is 0 Å². The lowest BCUT2D eigenvalue weighted by atomic mass is 10.3. The van der Waals surface area contributed by atoms with Crippen LogP contribution in [0.5, 0.6) is 0 Å². The Morgan fingerprint density at radius 1 is 1.36 bits per heavy atom. The quantitative estimate of drug-likeness (QED) is 0.479. The van der Waals surface area contributed by atoms with Crippen molar-refractivity contribution >= 4 is 16.4 Å². The smallest absolute Gasteiger partial charge is 0.168 e. The average Bonchev–Trinajstić information content (AvgIpc) is 1.94. The molecule has 0 aromatic heterocycles. The molecule has 60 valence electrons. The largest absolute Gasteiger partial charge is 0.396 e. The van der Waals surface area contributed by atoms with E-state index in [0.717, 1.165) is 6.07 Å². The average molecular weight is 175 g/mol. The van der Waals surface area contributed by atoms with Crippen molar-refractivity contribution in [1.82, 2.24) is 0 Å². The second-order valence-corrected chi connectivity index (χ2v) is 2.99. The van der Waals surface area contributed by atoms with Crippen LogP contribution in [0.25, 0.3) is 0 Å². The van der Waals surface area contributed by atoms with Gasteiger partial charge in [0.25, 0.3) is 0 Å². The van der Waals surface area contributed by atoms with Gasteiger partial charge >= 0.3 is 0 Å². The van der Waals surface area contributed by atoms with Crippen LogP contribution in [0.3, 0.4) is 0 Å². The second-order valence-electron chi connectivity index (χ2n) is 1.96. The summed E-state index contributed by atoms with van der Waals surface area (Å²) in [5.41, 5.74) is 5.07. The number of hydrogen-bond donors (Lipinski definition) is 2. The molecule has 5 heteroatoms. The van der Waals surface area contributed by atoms with E-state index in [9.17, 15) is 12.8 Å². The Morgan fingerprint density at radius 2 is 2.00 bits per heavy atom. The first-order valence-corrected chi connectivity index (χ1v) is 3.98. The normalized spacial score (nSPS) is 10.4. The van der Waals surface area contributed by atoms with E-state index < -0.39 is 16.5 Å². The van der Waals surface area contributed by atoms with Crippen LogP contribution in [0, 0.1) is 5.82 Å². The van der Waals surface area contributed by atoms with Crippen molar-refractivity contribution in [3.63, 3.8) is 0 Å². The molecule has 0 saturated heterocycles. The number of nitrogens with two attached hydrogens (primary N) is 1. The summed E-state index contributed by atoms with van der Waals surface area (Å²) in [4.78, 5) is -0.0632. The number of thiol groups is 1. The first-order valence-electron chi connectivity index (χ1n) is 2.80. The molecule has 1 aromatic carbocycles. The van der Waals surface area contributed by atoms with Crippen molar-refractivity contribution in [2.45, 2.75) is 4.90 Å². The second kappa shape index (κ2) is 2.87. The number of anilines is 1. The highest BCUT2D eigenvalue weighted by Crippen LogP contribution is 2.12. The summed E-state index contributed by atoms with van der Waals surface area (Å²) < 4.78 is 33.1. The van der Waals surface area contributed by atoms with Crippen LogP contribution >= 0.6 is 0 Å². The van der Waals surface area contributed by atoms with Crippen molar-refractivity contribution in [3.8, 4) is 0 Å². The molecule has 0 heterocycles. The third kappa shape index (κ3) is 1.68. The highest BCUT2D eigenvalue weighted by Gasteiger charge is 2.00. The Kier molecular flexibility index (Phi) is 2.09. The molecule has 0 spiro atoms. The van der Waals surface area contributed by atoms with Crippen LogP contribution < -0.4 is 5.73 Å². The Morgan fingerprint density at radius 3 is 2.45 bits per heavy atom. The third-order valence-corrected chi connectivity index (χ3v) is 1.89. The molecule has 0 bridgehead atoms. The lowest BCUT2D eigenvalue weighted by Crippen LogP contribution is -1.91. The van der Waals surface area contributed by atoms with E-state index in [2.05, 4.69) is 0 Å². The highest BCUT2D eigenvalue weighted by atomic mass is 32.2. The Hall–Kier alpha value is -1.10. The Balaban J connectivity index is 3.26. The lowest BCUT2D eigenvalue weighted by Gasteiger charge is -1.94. The van der Waals surface area contributed by atoms with Crippen molar-refractivity contribution in [2.24, 2.45) is 0 Å². The fourth-order valence-corrected chi connectivity index (χ4v) is 1.04. The molecule has 0 saturated carbocycles. The zero-order valence-electron chi connectivity index (χ0n) is 5.45. The minimum atomic E-state index is -2.72. The van der Waals surface area contributed by atoms with Crippen LogP contribution in [0.15, 0.2) is 23.1 Å². The number of rotatable bonds is 1. The predicted molar refractivity (Wildman–Crippen MR) is 39.4 cm³/mol. The maximum absolute atomic E-state index is 12.5. The predicted octanol–water partition coefficient (Wildman–Crippen LogP) is 0.378. The molecule has 2 N–H and O–H groups in total. The van der Waals surface area contributed by atoms with Gasteiger partial charge in [0.2, 0.25) is 0 Å². The molecule has 0 aliphatic rings. The van der Waals surface area contributed by atoms with Crippen LogP contribution in [0.1, 0.15) is 0 Å². The van der Waals surface area contributed by atoms with E-state index in [4.69, 9.17) is 5.73 Å². The molecule has 0 aliphatic heterocycles. The molecule has 0 aliphatic carbocycles. The summed E-state index contributed by atoms with van der Waals surface area (Å²) in [5, 5.41) is 0. The molecular weight excluding hydrogens is 169 g/mol. The SMILES string of the molecule is Nc1ccc([SH](=O)=O)cc1F. The maximum Gasteiger partial charge on any atom is 0.168 e. The third-order valence-electron chi connectivity index (χ3n) is 1.19. The van der Waals surface area contributed by atoms with Gasteiger partial charge in [0.05, 0.1) is 10.6 Å². The van der Waals surface area contributed by atoms with Crippen molar-refractivity contribution in [2.75, 3.05) is 5.73 Å². The van der Waals surface area contributed by atoms with Gasteiger partial charge in [-0.25, -0.2) is 12.8 Å². The Bertz CT molecular complexity index is 340. The zero-order valence-corrected chi connectivity index (χ0v) is 6.35. The molecule has 3 nitrogen and oxygen atoms in total. The molecule has 1 aromatic rings. The molecule has 1 rings (SSSR count). The number of nitrogen functional groups attached to an aromatic ring is 1. The van der Waals surface area contributed by atoms with Gasteiger partial charge in [0.15, 0.2) is 10.7 Å². The van der Waals surface area contributed by atoms with E-state index in [-0.39, 0.29) is 10.6 Å². The van der Waals surface area contributed by atoms with Gasteiger partial charge < -0.3 is 5.73 Å². The summed E-state index contributed by atoms with van der Waals surface area (Å²) in [6.07, 6.45) is 0.